The first-order valence-corrected chi connectivity index (χ1v) is 8.97. The van der Waals surface area contributed by atoms with Crippen molar-refractivity contribution in [3.8, 4) is 11.8 Å². The molecule has 0 bridgehead atoms. The van der Waals surface area contributed by atoms with Gasteiger partial charge in [0, 0.05) is 5.56 Å². The fourth-order valence-electron chi connectivity index (χ4n) is 1.92. The molecule has 1 N–H and O–H groups in total. The summed E-state index contributed by atoms with van der Waals surface area (Å²) in [4.78, 5) is 24.2. The van der Waals surface area contributed by atoms with Gasteiger partial charge in [0.2, 0.25) is 0 Å². The van der Waals surface area contributed by atoms with Gasteiger partial charge in [-0.2, -0.15) is 0 Å². The van der Waals surface area contributed by atoms with Crippen LogP contribution in [0.1, 0.15) is 41.6 Å². The molecule has 1 heterocycles. The lowest BCUT2D eigenvalue weighted by molar-refractivity contribution is 0.00749. The Hall–Kier alpha value is -2.78. The van der Waals surface area contributed by atoms with Gasteiger partial charge in [-0.05, 0) is 37.8 Å². The first-order chi connectivity index (χ1) is 12.3. The van der Waals surface area contributed by atoms with Crippen molar-refractivity contribution < 1.29 is 19.1 Å². The van der Waals surface area contributed by atoms with Crippen LogP contribution in [0.4, 0.5) is 4.79 Å². The molecule has 26 heavy (non-hydrogen) atoms. The lowest BCUT2D eigenvalue weighted by Crippen LogP contribution is -2.24. The number of hydrogen-bond acceptors (Lipinski definition) is 5. The van der Waals surface area contributed by atoms with E-state index in [1.807, 2.05) is 51.1 Å². The second kappa shape index (κ2) is 9.07. The molecule has 0 aliphatic rings. The fraction of sp³-hybridized carbons (Fsp3) is 0.300. The van der Waals surface area contributed by atoms with E-state index in [1.54, 1.807) is 11.4 Å². The van der Waals surface area contributed by atoms with Gasteiger partial charge >= 0.3 is 12.1 Å². The van der Waals surface area contributed by atoms with E-state index in [0.717, 1.165) is 5.56 Å². The zero-order valence-electron chi connectivity index (χ0n) is 15.0. The summed E-state index contributed by atoms with van der Waals surface area (Å²) in [5, 5.41) is 4.34. The van der Waals surface area contributed by atoms with Gasteiger partial charge in [-0.25, -0.2) is 9.59 Å². The maximum atomic E-state index is 12.1. The van der Waals surface area contributed by atoms with Crippen molar-refractivity contribution in [1.29, 1.82) is 0 Å². The summed E-state index contributed by atoms with van der Waals surface area (Å²) in [5.74, 6) is 5.29. The second-order valence-corrected chi connectivity index (χ2v) is 7.30. The number of carbonyl (C=O) groups excluding carboxylic acids is 2. The van der Waals surface area contributed by atoms with Gasteiger partial charge in [-0.15, -0.1) is 11.3 Å². The minimum Gasteiger partial charge on any atom is -0.456 e. The van der Waals surface area contributed by atoms with Crippen LogP contribution in [0.25, 0.3) is 0 Å². The fourth-order valence-corrected chi connectivity index (χ4v) is 2.64. The summed E-state index contributed by atoms with van der Waals surface area (Å²) in [5.41, 5.74) is 0.938. The molecule has 2 aromatic rings. The highest BCUT2D eigenvalue weighted by molar-refractivity contribution is 7.12. The van der Waals surface area contributed by atoms with E-state index < -0.39 is 17.7 Å². The predicted octanol–water partition coefficient (Wildman–Crippen LogP) is 3.98. The van der Waals surface area contributed by atoms with Crippen molar-refractivity contribution >= 4 is 23.4 Å². The molecular weight excluding hydrogens is 350 g/mol. The monoisotopic (exact) mass is 371 g/mol. The lowest BCUT2D eigenvalue weighted by Gasteiger charge is -2.18. The lowest BCUT2D eigenvalue weighted by atomic mass is 10.2. The molecule has 0 fully saturated rings. The Kier molecular flexibility index (Phi) is 6.81. The van der Waals surface area contributed by atoms with Crippen molar-refractivity contribution in [2.45, 2.75) is 33.0 Å². The molecule has 0 radical (unpaired) electrons. The number of amides is 1. The van der Waals surface area contributed by atoms with E-state index >= 15 is 0 Å². The normalized spacial score (nSPS) is 10.4. The van der Waals surface area contributed by atoms with Crippen molar-refractivity contribution in [2.24, 2.45) is 0 Å². The topological polar surface area (TPSA) is 64.6 Å². The highest BCUT2D eigenvalue weighted by Gasteiger charge is 2.20. The third kappa shape index (κ3) is 6.61. The number of benzene rings is 1. The van der Waals surface area contributed by atoms with E-state index in [0.29, 0.717) is 10.4 Å². The molecular formula is C20H21NO4S. The minimum atomic E-state index is -0.560. The van der Waals surface area contributed by atoms with E-state index in [4.69, 9.17) is 9.47 Å². The summed E-state index contributed by atoms with van der Waals surface area (Å²) >= 11 is 1.28. The summed E-state index contributed by atoms with van der Waals surface area (Å²) in [6.07, 6.45) is -0.541. The number of rotatable bonds is 4. The van der Waals surface area contributed by atoms with Gasteiger partial charge in [0.1, 0.15) is 17.1 Å². The largest absolute Gasteiger partial charge is 0.456 e. The van der Waals surface area contributed by atoms with Crippen LogP contribution in [0.3, 0.4) is 0 Å². The van der Waals surface area contributed by atoms with Crippen LogP contribution in [0.15, 0.2) is 41.8 Å². The maximum Gasteiger partial charge on any atom is 0.408 e. The molecule has 5 nitrogen and oxygen atoms in total. The van der Waals surface area contributed by atoms with E-state index in [2.05, 4.69) is 17.2 Å². The first kappa shape index (κ1) is 19.5. The van der Waals surface area contributed by atoms with Gasteiger partial charge in [0.05, 0.1) is 6.54 Å². The molecule has 0 unspecified atom stereocenters. The minimum absolute atomic E-state index is 0.122. The number of esters is 1. The van der Waals surface area contributed by atoms with E-state index in [9.17, 15) is 9.59 Å². The molecule has 1 aromatic heterocycles. The molecule has 1 amide bonds. The highest BCUT2D eigenvalue weighted by Crippen LogP contribution is 2.20. The quantitative estimate of drug-likeness (QED) is 0.652. The molecule has 0 saturated carbocycles. The summed E-state index contributed by atoms with van der Waals surface area (Å²) < 4.78 is 10.4. The number of thiophene rings is 1. The molecule has 0 aliphatic carbocycles. The van der Waals surface area contributed by atoms with Crippen LogP contribution in [0, 0.1) is 11.8 Å². The average Bonchev–Trinajstić information content (AvgIpc) is 3.05. The second-order valence-electron chi connectivity index (χ2n) is 6.38. The van der Waals surface area contributed by atoms with Crippen molar-refractivity contribution in [3.05, 3.63) is 57.8 Å². The van der Waals surface area contributed by atoms with Crippen LogP contribution in [0.2, 0.25) is 0 Å². The molecule has 6 heteroatoms. The maximum absolute atomic E-state index is 12.1. The summed E-state index contributed by atoms with van der Waals surface area (Å²) in [7, 11) is 0. The van der Waals surface area contributed by atoms with Crippen LogP contribution >= 0.6 is 11.3 Å². The Morgan fingerprint density at radius 2 is 1.88 bits per heavy atom. The molecule has 1 aromatic carbocycles. The Balaban J connectivity index is 1.82. The molecule has 0 atom stereocenters. The van der Waals surface area contributed by atoms with Crippen molar-refractivity contribution in [2.75, 3.05) is 6.54 Å². The zero-order valence-corrected chi connectivity index (χ0v) is 15.8. The van der Waals surface area contributed by atoms with Gasteiger partial charge in [-0.3, -0.25) is 0 Å². The van der Waals surface area contributed by atoms with E-state index in [-0.39, 0.29) is 13.2 Å². The highest BCUT2D eigenvalue weighted by atomic mass is 32.1. The standard InChI is InChI=1S/C20H21NO4S/c1-20(2,3)25-18(22)17-16(11-13-26-17)10-7-12-21-19(23)24-14-15-8-5-4-6-9-15/h4-6,8-9,11,13H,12,14H2,1-3H3,(H,21,23). The van der Waals surface area contributed by atoms with Crippen LogP contribution in [-0.4, -0.2) is 24.2 Å². The molecule has 0 aliphatic heterocycles. The number of hydrogen-bond donors (Lipinski definition) is 1. The average molecular weight is 371 g/mol. The first-order valence-electron chi connectivity index (χ1n) is 8.09. The molecule has 136 valence electrons. The van der Waals surface area contributed by atoms with Gasteiger partial charge < -0.3 is 14.8 Å². The van der Waals surface area contributed by atoms with Crippen molar-refractivity contribution in [3.63, 3.8) is 0 Å². The zero-order chi connectivity index (χ0) is 19.0. The Labute approximate surface area is 157 Å². The third-order valence-corrected chi connectivity index (χ3v) is 3.90. The van der Waals surface area contributed by atoms with Gasteiger partial charge in [-0.1, -0.05) is 42.2 Å². The number of alkyl carbamates (subject to hydrolysis) is 1. The molecule has 0 saturated heterocycles. The van der Waals surface area contributed by atoms with Gasteiger partial charge in [0.15, 0.2) is 0 Å². The Morgan fingerprint density at radius 1 is 1.15 bits per heavy atom. The Bertz CT molecular complexity index is 810. The SMILES string of the molecule is CC(C)(C)OC(=O)c1sccc1C#CCNC(=O)OCc1ccccc1. The van der Waals surface area contributed by atoms with Gasteiger partial charge in [0.25, 0.3) is 0 Å². The van der Waals surface area contributed by atoms with Crippen LogP contribution < -0.4 is 5.32 Å². The number of ether oxygens (including phenoxy) is 2. The molecule has 0 spiro atoms. The van der Waals surface area contributed by atoms with Crippen LogP contribution in [-0.2, 0) is 16.1 Å². The van der Waals surface area contributed by atoms with E-state index in [1.165, 1.54) is 11.3 Å². The third-order valence-electron chi connectivity index (χ3n) is 3.01. The van der Waals surface area contributed by atoms with Crippen LogP contribution in [0.5, 0.6) is 0 Å². The predicted molar refractivity (Wildman–Crippen MR) is 101 cm³/mol. The number of carbonyl (C=O) groups is 2. The van der Waals surface area contributed by atoms with Crippen molar-refractivity contribution in [1.82, 2.24) is 5.32 Å². The Morgan fingerprint density at radius 3 is 2.58 bits per heavy atom. The smallest absolute Gasteiger partial charge is 0.408 e. The summed E-state index contributed by atoms with van der Waals surface area (Å²) in [6.45, 7) is 5.77. The molecule has 2 rings (SSSR count). The summed E-state index contributed by atoms with van der Waals surface area (Å²) in [6, 6.07) is 11.2. The number of nitrogens with one attached hydrogen (secondary N) is 1.